The highest BCUT2D eigenvalue weighted by Crippen LogP contribution is 2.29. The van der Waals surface area contributed by atoms with E-state index < -0.39 is 6.10 Å². The Kier molecular flexibility index (Phi) is 8.20. The Morgan fingerprint density at radius 3 is 2.38 bits per heavy atom. The van der Waals surface area contributed by atoms with Gasteiger partial charge in [0.15, 0.2) is 0 Å². The molecular weight excluding hydrogens is 504 g/mol. The zero-order valence-corrected chi connectivity index (χ0v) is 21.7. The van der Waals surface area contributed by atoms with E-state index in [9.17, 15) is 19.8 Å². The second-order valence-electron chi connectivity index (χ2n) is 9.44. The van der Waals surface area contributed by atoms with Crippen molar-refractivity contribution in [1.82, 2.24) is 10.3 Å². The van der Waals surface area contributed by atoms with E-state index in [1.54, 1.807) is 12.1 Å². The standard InChI is InChI=1S/C32H30N4O4/c37-28-16-14-25(26-15-17-30(39)36-31(26)28)29(38)20-33-19-18-21-10-12-23(13-11-21)34-32(40)35-27-9-5-4-8-24(27)22-6-2-1-3-7-22/h1-17,29,33,37-38H,18-20H2,(H,36,39)(H2,34,35,40)/t29-/m0/s1. The number of hydrogen-bond donors (Lipinski definition) is 6. The summed E-state index contributed by atoms with van der Waals surface area (Å²) in [6.45, 7) is 0.941. The summed E-state index contributed by atoms with van der Waals surface area (Å²) in [7, 11) is 0. The van der Waals surface area contributed by atoms with Gasteiger partial charge < -0.3 is 31.1 Å². The van der Waals surface area contributed by atoms with E-state index in [2.05, 4.69) is 20.9 Å². The van der Waals surface area contributed by atoms with Crippen molar-refractivity contribution in [2.75, 3.05) is 23.7 Å². The van der Waals surface area contributed by atoms with Crippen molar-refractivity contribution >= 4 is 28.3 Å². The van der Waals surface area contributed by atoms with Crippen molar-refractivity contribution in [3.63, 3.8) is 0 Å². The Bertz CT molecular complexity index is 1670. The lowest BCUT2D eigenvalue weighted by atomic mass is 10.0. The Morgan fingerprint density at radius 2 is 1.57 bits per heavy atom. The molecule has 5 aromatic rings. The van der Waals surface area contributed by atoms with Crippen LogP contribution in [0.2, 0.25) is 0 Å². The number of aliphatic hydroxyl groups is 1. The molecule has 0 fully saturated rings. The molecule has 0 aliphatic carbocycles. The molecule has 0 bridgehead atoms. The summed E-state index contributed by atoms with van der Waals surface area (Å²) in [5, 5.41) is 30.4. The molecule has 2 amide bonds. The number of carbonyl (C=O) groups is 1. The van der Waals surface area contributed by atoms with E-state index in [4.69, 9.17) is 0 Å². The van der Waals surface area contributed by atoms with Crippen LogP contribution in [0.4, 0.5) is 16.2 Å². The number of phenolic OH excluding ortho intramolecular Hbond substituents is 1. The van der Waals surface area contributed by atoms with Crippen molar-refractivity contribution < 1.29 is 15.0 Å². The van der Waals surface area contributed by atoms with Gasteiger partial charge in [0, 0.05) is 29.2 Å². The van der Waals surface area contributed by atoms with Gasteiger partial charge in [0.25, 0.3) is 0 Å². The summed E-state index contributed by atoms with van der Waals surface area (Å²) in [6.07, 6.45) is -0.0843. The third-order valence-electron chi connectivity index (χ3n) is 6.67. The van der Waals surface area contributed by atoms with Gasteiger partial charge in [0.1, 0.15) is 5.75 Å². The van der Waals surface area contributed by atoms with Crippen LogP contribution in [0.1, 0.15) is 17.2 Å². The highest BCUT2D eigenvalue weighted by Gasteiger charge is 2.14. The van der Waals surface area contributed by atoms with E-state index in [-0.39, 0.29) is 17.3 Å². The van der Waals surface area contributed by atoms with Gasteiger partial charge in [-0.15, -0.1) is 0 Å². The Labute approximate surface area is 231 Å². The van der Waals surface area contributed by atoms with E-state index in [0.29, 0.717) is 35.2 Å². The molecule has 8 heteroatoms. The molecule has 0 unspecified atom stereocenters. The molecule has 1 aromatic heterocycles. The minimum Gasteiger partial charge on any atom is -0.506 e. The number of benzene rings is 4. The number of pyridine rings is 1. The maximum Gasteiger partial charge on any atom is 0.323 e. The first-order valence-electron chi connectivity index (χ1n) is 13.0. The number of H-pyrrole nitrogens is 1. The number of anilines is 2. The van der Waals surface area contributed by atoms with Crippen LogP contribution < -0.4 is 21.5 Å². The summed E-state index contributed by atoms with van der Waals surface area (Å²) >= 11 is 0. The number of urea groups is 1. The van der Waals surface area contributed by atoms with Crippen LogP contribution in [0, 0.1) is 0 Å². The average molecular weight is 535 g/mol. The first-order valence-corrected chi connectivity index (χ1v) is 13.0. The highest BCUT2D eigenvalue weighted by molar-refractivity contribution is 6.02. The molecule has 1 heterocycles. The number of para-hydroxylation sites is 1. The van der Waals surface area contributed by atoms with E-state index >= 15 is 0 Å². The molecule has 6 N–H and O–H groups in total. The van der Waals surface area contributed by atoms with Gasteiger partial charge in [-0.3, -0.25) is 4.79 Å². The van der Waals surface area contributed by atoms with Crippen LogP contribution in [0.15, 0.2) is 108 Å². The van der Waals surface area contributed by atoms with E-state index in [1.165, 1.54) is 12.1 Å². The number of amides is 2. The van der Waals surface area contributed by atoms with Gasteiger partial charge in [-0.25, -0.2) is 4.79 Å². The van der Waals surface area contributed by atoms with Crippen LogP contribution in [0.3, 0.4) is 0 Å². The SMILES string of the molecule is O=C(Nc1ccc(CCNC[C@H](O)c2ccc(O)c3[nH]c(=O)ccc23)cc1)Nc1ccccc1-c1ccccc1. The smallest absolute Gasteiger partial charge is 0.323 e. The number of nitrogens with one attached hydrogen (secondary N) is 4. The number of aromatic nitrogens is 1. The maximum atomic E-state index is 12.7. The van der Waals surface area contributed by atoms with Crippen molar-refractivity contribution in [3.05, 3.63) is 125 Å². The molecule has 202 valence electrons. The number of aliphatic hydroxyl groups excluding tert-OH is 1. The van der Waals surface area contributed by atoms with Crippen LogP contribution in [0.25, 0.3) is 22.0 Å². The zero-order chi connectivity index (χ0) is 27.9. The van der Waals surface area contributed by atoms with E-state index in [1.807, 2.05) is 78.9 Å². The molecule has 0 aliphatic heterocycles. The third-order valence-corrected chi connectivity index (χ3v) is 6.67. The predicted octanol–water partition coefficient (Wildman–Crippen LogP) is 5.41. The second kappa shape index (κ2) is 12.3. The number of carbonyl (C=O) groups excluding carboxylic acids is 1. The fourth-order valence-electron chi connectivity index (χ4n) is 4.63. The number of fused-ring (bicyclic) bond motifs is 1. The normalized spacial score (nSPS) is 11.7. The summed E-state index contributed by atoms with van der Waals surface area (Å²) < 4.78 is 0. The number of rotatable bonds is 9. The number of aromatic amines is 1. The van der Waals surface area contributed by atoms with Crippen LogP contribution >= 0.6 is 0 Å². The number of phenols is 1. The van der Waals surface area contributed by atoms with Crippen molar-refractivity contribution in [3.8, 4) is 16.9 Å². The fourth-order valence-corrected chi connectivity index (χ4v) is 4.63. The zero-order valence-electron chi connectivity index (χ0n) is 21.7. The highest BCUT2D eigenvalue weighted by atomic mass is 16.3. The van der Waals surface area contributed by atoms with Crippen molar-refractivity contribution in [1.29, 1.82) is 0 Å². The number of aromatic hydroxyl groups is 1. The van der Waals surface area contributed by atoms with Gasteiger partial charge in [-0.2, -0.15) is 0 Å². The van der Waals surface area contributed by atoms with Gasteiger partial charge in [-0.05, 0) is 60.0 Å². The summed E-state index contributed by atoms with van der Waals surface area (Å²) in [4.78, 5) is 26.9. The lowest BCUT2D eigenvalue weighted by Crippen LogP contribution is -2.24. The average Bonchev–Trinajstić information content (AvgIpc) is 2.97. The minimum absolute atomic E-state index is 0.0379. The lowest BCUT2D eigenvalue weighted by molar-refractivity contribution is 0.176. The summed E-state index contributed by atoms with van der Waals surface area (Å²) in [5.41, 5.74) is 5.07. The van der Waals surface area contributed by atoms with Gasteiger partial charge >= 0.3 is 6.03 Å². The molecule has 0 saturated carbocycles. The van der Waals surface area contributed by atoms with Gasteiger partial charge in [0.2, 0.25) is 5.56 Å². The van der Waals surface area contributed by atoms with Crippen molar-refractivity contribution in [2.24, 2.45) is 0 Å². The van der Waals surface area contributed by atoms with Crippen LogP contribution in [-0.4, -0.2) is 34.3 Å². The monoisotopic (exact) mass is 534 g/mol. The summed E-state index contributed by atoms with van der Waals surface area (Å²) in [6, 6.07) is 31.0. The molecule has 0 spiro atoms. The predicted molar refractivity (Wildman–Crippen MR) is 159 cm³/mol. The Morgan fingerprint density at radius 1 is 0.825 bits per heavy atom. The molecule has 8 nitrogen and oxygen atoms in total. The molecule has 0 saturated heterocycles. The Hall–Kier alpha value is -4.92. The van der Waals surface area contributed by atoms with Gasteiger partial charge in [0.05, 0.1) is 17.3 Å². The maximum absolute atomic E-state index is 12.7. The lowest BCUT2D eigenvalue weighted by Gasteiger charge is -2.15. The van der Waals surface area contributed by atoms with Crippen LogP contribution in [0.5, 0.6) is 5.75 Å². The fraction of sp³-hybridized carbons (Fsp3) is 0.125. The molecular formula is C32H30N4O4. The topological polar surface area (TPSA) is 126 Å². The Balaban J connectivity index is 1.12. The molecule has 1 atom stereocenters. The quantitative estimate of drug-likeness (QED) is 0.141. The first kappa shape index (κ1) is 26.7. The molecule has 4 aromatic carbocycles. The molecule has 5 rings (SSSR count). The molecule has 0 aliphatic rings. The first-order chi connectivity index (χ1) is 19.5. The second-order valence-corrected chi connectivity index (χ2v) is 9.44. The largest absolute Gasteiger partial charge is 0.506 e. The minimum atomic E-state index is -0.814. The number of hydrogen-bond acceptors (Lipinski definition) is 5. The summed E-state index contributed by atoms with van der Waals surface area (Å²) in [5.74, 6) is -0.0379. The van der Waals surface area contributed by atoms with E-state index in [0.717, 1.165) is 28.8 Å². The van der Waals surface area contributed by atoms with Crippen LogP contribution in [-0.2, 0) is 6.42 Å². The third kappa shape index (κ3) is 6.37. The van der Waals surface area contributed by atoms with Crippen molar-refractivity contribution in [2.45, 2.75) is 12.5 Å². The van der Waals surface area contributed by atoms with Gasteiger partial charge in [-0.1, -0.05) is 66.7 Å². The molecule has 40 heavy (non-hydrogen) atoms. The molecule has 0 radical (unpaired) electrons.